The minimum Gasteiger partial charge on any atom is -0.385 e. The van der Waals surface area contributed by atoms with E-state index in [2.05, 4.69) is 10.6 Å². The molecule has 5 heteroatoms. The van der Waals surface area contributed by atoms with Crippen LogP contribution in [-0.2, 0) is 4.79 Å². The number of thioether (sulfide) groups is 1. The van der Waals surface area contributed by atoms with Crippen molar-refractivity contribution in [3.63, 3.8) is 0 Å². The molecule has 86 valence electrons. The van der Waals surface area contributed by atoms with Crippen LogP contribution in [0, 0.1) is 0 Å². The number of carbonyl (C=O) groups is 1. The van der Waals surface area contributed by atoms with Crippen molar-refractivity contribution in [3.05, 3.63) is 18.2 Å². The summed E-state index contributed by atoms with van der Waals surface area (Å²) >= 11 is 1.57. The normalized spacial score (nSPS) is 14.2. The summed E-state index contributed by atoms with van der Waals surface area (Å²) in [6, 6.07) is 6.03. The third kappa shape index (κ3) is 2.68. The lowest BCUT2D eigenvalue weighted by Gasteiger charge is -2.17. The first-order chi connectivity index (χ1) is 7.79. The molecule has 16 heavy (non-hydrogen) atoms. The molecular weight excluding hydrogens is 222 g/mol. The number of nitrogens with two attached hydrogens (primary N) is 1. The molecule has 1 aliphatic rings. The second-order valence-electron chi connectivity index (χ2n) is 3.62. The van der Waals surface area contributed by atoms with Gasteiger partial charge in [-0.15, -0.1) is 11.8 Å². The van der Waals surface area contributed by atoms with Crippen LogP contribution in [0.5, 0.6) is 0 Å². The average molecular weight is 237 g/mol. The van der Waals surface area contributed by atoms with Gasteiger partial charge in [0, 0.05) is 17.1 Å². The third-order valence-electron chi connectivity index (χ3n) is 2.32. The fourth-order valence-corrected chi connectivity index (χ4v) is 2.32. The molecule has 1 aromatic carbocycles. The minimum atomic E-state index is 0.0663. The predicted octanol–water partition coefficient (Wildman–Crippen LogP) is 1.49. The lowest BCUT2D eigenvalue weighted by molar-refractivity contribution is -0.113. The number of amides is 1. The van der Waals surface area contributed by atoms with E-state index in [0.717, 1.165) is 29.2 Å². The van der Waals surface area contributed by atoms with Gasteiger partial charge in [-0.3, -0.25) is 4.79 Å². The van der Waals surface area contributed by atoms with Crippen molar-refractivity contribution in [1.29, 1.82) is 0 Å². The zero-order chi connectivity index (χ0) is 11.4. The van der Waals surface area contributed by atoms with Crippen molar-refractivity contribution in [3.8, 4) is 0 Å². The molecule has 1 aliphatic heterocycles. The second kappa shape index (κ2) is 5.23. The fourth-order valence-electron chi connectivity index (χ4n) is 1.53. The largest absolute Gasteiger partial charge is 0.385 e. The van der Waals surface area contributed by atoms with Crippen LogP contribution in [-0.4, -0.2) is 24.7 Å². The Labute approximate surface area is 99.0 Å². The smallest absolute Gasteiger partial charge is 0.234 e. The molecule has 1 aromatic rings. The molecule has 0 aromatic heterocycles. The van der Waals surface area contributed by atoms with Crippen LogP contribution in [0.15, 0.2) is 23.1 Å². The third-order valence-corrected chi connectivity index (χ3v) is 3.40. The van der Waals surface area contributed by atoms with Crippen molar-refractivity contribution in [2.75, 3.05) is 29.5 Å². The van der Waals surface area contributed by atoms with Gasteiger partial charge < -0.3 is 16.4 Å². The van der Waals surface area contributed by atoms with E-state index in [1.807, 2.05) is 18.2 Å². The number of nitrogens with one attached hydrogen (secondary N) is 2. The molecule has 4 nitrogen and oxygen atoms in total. The Morgan fingerprint density at radius 2 is 2.38 bits per heavy atom. The summed E-state index contributed by atoms with van der Waals surface area (Å²) in [5.74, 6) is 0.573. The first-order valence-electron chi connectivity index (χ1n) is 5.30. The Morgan fingerprint density at radius 1 is 1.50 bits per heavy atom. The van der Waals surface area contributed by atoms with E-state index in [9.17, 15) is 4.79 Å². The second-order valence-corrected chi connectivity index (χ2v) is 4.63. The van der Waals surface area contributed by atoms with Crippen LogP contribution < -0.4 is 16.4 Å². The molecule has 0 saturated heterocycles. The number of anilines is 2. The predicted molar refractivity (Wildman–Crippen MR) is 68.0 cm³/mol. The fraction of sp³-hybridized carbons (Fsp3) is 0.364. The average Bonchev–Trinajstić information content (AvgIpc) is 2.29. The van der Waals surface area contributed by atoms with Crippen LogP contribution in [0.3, 0.4) is 0 Å². The van der Waals surface area contributed by atoms with Gasteiger partial charge in [-0.2, -0.15) is 0 Å². The summed E-state index contributed by atoms with van der Waals surface area (Å²) in [4.78, 5) is 12.4. The molecule has 1 heterocycles. The summed E-state index contributed by atoms with van der Waals surface area (Å²) in [5.41, 5.74) is 7.35. The molecule has 0 saturated carbocycles. The van der Waals surface area contributed by atoms with Crippen LogP contribution in [0.25, 0.3) is 0 Å². The molecule has 0 spiro atoms. The molecule has 2 rings (SSSR count). The maximum atomic E-state index is 11.2. The van der Waals surface area contributed by atoms with E-state index >= 15 is 0 Å². The highest BCUT2D eigenvalue weighted by molar-refractivity contribution is 8.00. The van der Waals surface area contributed by atoms with E-state index in [1.54, 1.807) is 11.8 Å². The molecule has 0 fully saturated rings. The Kier molecular flexibility index (Phi) is 3.69. The van der Waals surface area contributed by atoms with Gasteiger partial charge in [0.25, 0.3) is 0 Å². The van der Waals surface area contributed by atoms with E-state index in [1.165, 1.54) is 0 Å². The van der Waals surface area contributed by atoms with Gasteiger partial charge in [0.05, 0.1) is 11.4 Å². The van der Waals surface area contributed by atoms with Gasteiger partial charge in [-0.05, 0) is 31.2 Å². The molecule has 1 amide bonds. The van der Waals surface area contributed by atoms with Crippen LogP contribution in [0.1, 0.15) is 6.42 Å². The monoisotopic (exact) mass is 237 g/mol. The summed E-state index contributed by atoms with van der Waals surface area (Å²) in [6.07, 6.45) is 0.943. The van der Waals surface area contributed by atoms with Crippen molar-refractivity contribution in [2.24, 2.45) is 5.73 Å². The van der Waals surface area contributed by atoms with Crippen LogP contribution in [0.4, 0.5) is 11.4 Å². The van der Waals surface area contributed by atoms with Gasteiger partial charge in [0.15, 0.2) is 0 Å². The number of benzene rings is 1. The Bertz CT molecular complexity index is 395. The first-order valence-corrected chi connectivity index (χ1v) is 6.29. The van der Waals surface area contributed by atoms with Gasteiger partial charge in [-0.25, -0.2) is 0 Å². The van der Waals surface area contributed by atoms with Crippen molar-refractivity contribution >= 4 is 29.0 Å². The lowest BCUT2D eigenvalue weighted by atomic mass is 10.2. The summed E-state index contributed by atoms with van der Waals surface area (Å²) in [5, 5.41) is 6.14. The summed E-state index contributed by atoms with van der Waals surface area (Å²) in [6.45, 7) is 1.54. The number of hydrogen-bond acceptors (Lipinski definition) is 4. The quantitative estimate of drug-likeness (QED) is 0.694. The molecule has 0 radical (unpaired) electrons. The summed E-state index contributed by atoms with van der Waals surface area (Å²) in [7, 11) is 0. The highest BCUT2D eigenvalue weighted by atomic mass is 32.2. The Hall–Kier alpha value is -1.20. The van der Waals surface area contributed by atoms with Crippen LogP contribution >= 0.6 is 11.8 Å². The first kappa shape index (κ1) is 11.3. The molecule has 4 N–H and O–H groups in total. The topological polar surface area (TPSA) is 67.2 Å². The van der Waals surface area contributed by atoms with Crippen LogP contribution in [0.2, 0.25) is 0 Å². The lowest BCUT2D eigenvalue weighted by Crippen LogP contribution is -2.18. The molecule has 0 atom stereocenters. The SMILES string of the molecule is NCCCNc1ccc2c(c1)NC(=O)CS2. The molecular formula is C11H15N3OS. The number of rotatable bonds is 4. The summed E-state index contributed by atoms with van der Waals surface area (Å²) < 4.78 is 0. The van der Waals surface area contributed by atoms with Gasteiger partial charge >= 0.3 is 0 Å². The number of fused-ring (bicyclic) bond motifs is 1. The molecule has 0 bridgehead atoms. The Balaban J connectivity index is 2.06. The van der Waals surface area contributed by atoms with Gasteiger partial charge in [0.1, 0.15) is 0 Å². The maximum Gasteiger partial charge on any atom is 0.234 e. The zero-order valence-corrected chi connectivity index (χ0v) is 9.77. The van der Waals surface area contributed by atoms with Crippen molar-refractivity contribution < 1.29 is 4.79 Å². The van der Waals surface area contributed by atoms with Crippen molar-refractivity contribution in [2.45, 2.75) is 11.3 Å². The van der Waals surface area contributed by atoms with E-state index in [-0.39, 0.29) is 5.91 Å². The minimum absolute atomic E-state index is 0.0663. The Morgan fingerprint density at radius 3 is 3.19 bits per heavy atom. The molecule has 0 aliphatic carbocycles. The van der Waals surface area contributed by atoms with E-state index in [4.69, 9.17) is 5.73 Å². The number of hydrogen-bond donors (Lipinski definition) is 3. The highest BCUT2D eigenvalue weighted by Gasteiger charge is 2.14. The molecule has 0 unspecified atom stereocenters. The number of carbonyl (C=O) groups excluding carboxylic acids is 1. The van der Waals surface area contributed by atoms with Crippen molar-refractivity contribution in [1.82, 2.24) is 0 Å². The standard InChI is InChI=1S/C11H15N3OS/c12-4-1-5-13-8-2-3-10-9(6-8)14-11(15)7-16-10/h2-3,6,13H,1,4-5,7,12H2,(H,14,15). The van der Waals surface area contributed by atoms with Gasteiger partial charge in [-0.1, -0.05) is 0 Å². The maximum absolute atomic E-state index is 11.2. The highest BCUT2D eigenvalue weighted by Crippen LogP contribution is 2.33. The van der Waals surface area contributed by atoms with E-state index in [0.29, 0.717) is 12.3 Å². The van der Waals surface area contributed by atoms with E-state index < -0.39 is 0 Å². The van der Waals surface area contributed by atoms with Gasteiger partial charge in [0.2, 0.25) is 5.91 Å². The zero-order valence-electron chi connectivity index (χ0n) is 8.95.